The first-order valence-corrected chi connectivity index (χ1v) is 9.37. The molecule has 1 fully saturated rings. The molecule has 0 bridgehead atoms. The molecular weight excluding hydrogens is 360 g/mol. The lowest BCUT2D eigenvalue weighted by Crippen LogP contribution is -2.41. The van der Waals surface area contributed by atoms with Gasteiger partial charge in [-0.15, -0.1) is 0 Å². The Morgan fingerprint density at radius 3 is 2.43 bits per heavy atom. The van der Waals surface area contributed by atoms with E-state index < -0.39 is 0 Å². The Morgan fingerprint density at radius 1 is 1.00 bits per heavy atom. The minimum atomic E-state index is -0.0734. The Morgan fingerprint density at radius 2 is 1.71 bits per heavy atom. The van der Waals surface area contributed by atoms with Gasteiger partial charge in [-0.3, -0.25) is 4.79 Å². The summed E-state index contributed by atoms with van der Waals surface area (Å²) in [5.74, 6) is 2.15. The van der Waals surface area contributed by atoms with Gasteiger partial charge in [0.15, 0.2) is 11.5 Å². The molecule has 0 aliphatic carbocycles. The van der Waals surface area contributed by atoms with Gasteiger partial charge in [0.2, 0.25) is 0 Å². The highest BCUT2D eigenvalue weighted by atomic mass is 16.5. The lowest BCUT2D eigenvalue weighted by molar-refractivity contribution is 0.0299. The quantitative estimate of drug-likeness (QED) is 0.791. The Labute approximate surface area is 164 Å². The molecule has 4 rings (SSSR count). The smallest absolute Gasteiger partial charge is 0.272 e. The normalized spacial score (nSPS) is 16.5. The van der Waals surface area contributed by atoms with Crippen LogP contribution in [0.4, 0.5) is 5.82 Å². The first-order valence-electron chi connectivity index (χ1n) is 9.37. The van der Waals surface area contributed by atoms with E-state index in [1.165, 1.54) is 17.5 Å². The number of benzene rings is 1. The highest BCUT2D eigenvalue weighted by molar-refractivity contribution is 5.93. The number of nitrogens with zero attached hydrogens (tertiary/aromatic N) is 4. The Bertz CT molecular complexity index is 867. The minimum absolute atomic E-state index is 0.0734. The van der Waals surface area contributed by atoms with Gasteiger partial charge in [0, 0.05) is 32.2 Å². The maximum Gasteiger partial charge on any atom is 0.272 e. The van der Waals surface area contributed by atoms with Crippen molar-refractivity contribution in [3.63, 3.8) is 0 Å². The highest BCUT2D eigenvalue weighted by Crippen LogP contribution is 2.34. The summed E-state index contributed by atoms with van der Waals surface area (Å²) in [5, 5.41) is 0. The number of amides is 1. The average molecular weight is 384 g/mol. The second kappa shape index (κ2) is 8.02. The van der Waals surface area contributed by atoms with Gasteiger partial charge in [-0.2, -0.15) is 0 Å². The molecule has 0 spiro atoms. The number of aromatic nitrogens is 2. The van der Waals surface area contributed by atoms with Crippen LogP contribution in [-0.4, -0.2) is 67.8 Å². The Balaban J connectivity index is 1.55. The van der Waals surface area contributed by atoms with Crippen LogP contribution in [0.1, 0.15) is 21.6 Å². The zero-order valence-electron chi connectivity index (χ0n) is 16.2. The van der Waals surface area contributed by atoms with Gasteiger partial charge in [-0.05, 0) is 29.7 Å². The van der Waals surface area contributed by atoms with Crippen LogP contribution >= 0.6 is 0 Å². The largest absolute Gasteiger partial charge is 0.493 e. The van der Waals surface area contributed by atoms with Crippen molar-refractivity contribution in [2.24, 2.45) is 0 Å². The molecule has 1 amide bonds. The van der Waals surface area contributed by atoms with Crippen LogP contribution in [0.5, 0.6) is 11.5 Å². The number of carbonyl (C=O) groups is 1. The van der Waals surface area contributed by atoms with Gasteiger partial charge < -0.3 is 24.0 Å². The molecule has 0 atom stereocenters. The number of methoxy groups -OCH3 is 2. The first-order chi connectivity index (χ1) is 13.7. The summed E-state index contributed by atoms with van der Waals surface area (Å²) < 4.78 is 16.2. The van der Waals surface area contributed by atoms with E-state index in [9.17, 15) is 4.79 Å². The van der Waals surface area contributed by atoms with Crippen molar-refractivity contribution in [1.29, 1.82) is 0 Å². The Hall–Kier alpha value is -2.87. The van der Waals surface area contributed by atoms with Gasteiger partial charge in [-0.1, -0.05) is 0 Å². The molecule has 8 heteroatoms. The van der Waals surface area contributed by atoms with Crippen molar-refractivity contribution in [3.05, 3.63) is 41.3 Å². The molecule has 0 N–H and O–H groups in total. The molecule has 1 aromatic heterocycles. The number of hydrogen-bond donors (Lipinski definition) is 0. The van der Waals surface area contributed by atoms with Crippen LogP contribution in [0.25, 0.3) is 0 Å². The van der Waals surface area contributed by atoms with E-state index in [1.54, 1.807) is 25.2 Å². The second-order valence-corrected chi connectivity index (χ2v) is 6.81. The standard InChI is InChI=1S/C20H24N4O4/c1-26-17-9-14-3-4-24(12-15(14)10-18(17)27-2)19-11-16(21-13-22-19)20(25)23-5-7-28-8-6-23/h9-11,13H,3-8,12H2,1-2H3. The predicted molar refractivity (Wildman–Crippen MR) is 103 cm³/mol. The fraction of sp³-hybridized carbons (Fsp3) is 0.450. The molecule has 0 radical (unpaired) electrons. The molecule has 0 saturated carbocycles. The van der Waals surface area contributed by atoms with E-state index in [0.717, 1.165) is 24.5 Å². The molecule has 8 nitrogen and oxygen atoms in total. The number of carbonyl (C=O) groups excluding carboxylic acids is 1. The van der Waals surface area contributed by atoms with Gasteiger partial charge in [0.05, 0.1) is 27.4 Å². The highest BCUT2D eigenvalue weighted by Gasteiger charge is 2.23. The molecule has 0 unspecified atom stereocenters. The van der Waals surface area contributed by atoms with E-state index >= 15 is 0 Å². The molecule has 148 valence electrons. The number of hydrogen-bond acceptors (Lipinski definition) is 7. The summed E-state index contributed by atoms with van der Waals surface area (Å²) in [7, 11) is 3.28. The Kier molecular flexibility index (Phi) is 5.29. The van der Waals surface area contributed by atoms with Crippen molar-refractivity contribution in [3.8, 4) is 11.5 Å². The fourth-order valence-corrected chi connectivity index (χ4v) is 3.64. The van der Waals surface area contributed by atoms with E-state index in [0.29, 0.717) is 44.3 Å². The van der Waals surface area contributed by atoms with Crippen molar-refractivity contribution in [1.82, 2.24) is 14.9 Å². The number of ether oxygens (including phenoxy) is 3. The molecule has 2 aromatic rings. The molecule has 28 heavy (non-hydrogen) atoms. The lowest BCUT2D eigenvalue weighted by Gasteiger charge is -2.31. The number of morpholine rings is 1. The van der Waals surface area contributed by atoms with Crippen LogP contribution in [0.2, 0.25) is 0 Å². The van der Waals surface area contributed by atoms with E-state index in [1.807, 2.05) is 12.1 Å². The lowest BCUT2D eigenvalue weighted by atomic mass is 9.98. The number of rotatable bonds is 4. The van der Waals surface area contributed by atoms with Gasteiger partial charge in [0.25, 0.3) is 5.91 Å². The van der Waals surface area contributed by atoms with E-state index in [4.69, 9.17) is 14.2 Å². The molecular formula is C20H24N4O4. The van der Waals surface area contributed by atoms with E-state index in [-0.39, 0.29) is 5.91 Å². The fourth-order valence-electron chi connectivity index (χ4n) is 3.64. The number of anilines is 1. The summed E-state index contributed by atoms with van der Waals surface area (Å²) in [4.78, 5) is 25.3. The van der Waals surface area contributed by atoms with Crippen molar-refractivity contribution >= 4 is 11.7 Å². The first kappa shape index (κ1) is 18.5. The second-order valence-electron chi connectivity index (χ2n) is 6.81. The van der Waals surface area contributed by atoms with Crippen LogP contribution in [0.3, 0.4) is 0 Å². The zero-order chi connectivity index (χ0) is 19.5. The molecule has 2 aliphatic heterocycles. The minimum Gasteiger partial charge on any atom is -0.493 e. The molecule has 1 aromatic carbocycles. The SMILES string of the molecule is COc1cc2c(cc1OC)CN(c1cc(C(=O)N3CCOCC3)ncn1)CC2. The third kappa shape index (κ3) is 3.60. The predicted octanol–water partition coefficient (Wildman–Crippen LogP) is 1.53. The summed E-state index contributed by atoms with van der Waals surface area (Å²) in [6, 6.07) is 5.84. The summed E-state index contributed by atoms with van der Waals surface area (Å²) in [6.07, 6.45) is 2.33. The topological polar surface area (TPSA) is 77.0 Å². The van der Waals surface area contributed by atoms with Crippen molar-refractivity contribution in [2.45, 2.75) is 13.0 Å². The molecule has 2 aliphatic rings. The van der Waals surface area contributed by atoms with Gasteiger partial charge in [0.1, 0.15) is 17.8 Å². The van der Waals surface area contributed by atoms with Crippen molar-refractivity contribution in [2.75, 3.05) is 52.0 Å². The van der Waals surface area contributed by atoms with E-state index in [2.05, 4.69) is 14.9 Å². The molecule has 1 saturated heterocycles. The van der Waals surface area contributed by atoms with Crippen LogP contribution in [0, 0.1) is 0 Å². The summed E-state index contributed by atoms with van der Waals surface area (Å²) >= 11 is 0. The molecule has 3 heterocycles. The summed E-state index contributed by atoms with van der Waals surface area (Å²) in [6.45, 7) is 3.83. The monoisotopic (exact) mass is 384 g/mol. The summed E-state index contributed by atoms with van der Waals surface area (Å²) in [5.41, 5.74) is 2.83. The van der Waals surface area contributed by atoms with Crippen LogP contribution in [0.15, 0.2) is 24.5 Å². The average Bonchev–Trinajstić information content (AvgIpc) is 2.77. The third-order valence-corrected chi connectivity index (χ3v) is 5.21. The van der Waals surface area contributed by atoms with Crippen LogP contribution < -0.4 is 14.4 Å². The van der Waals surface area contributed by atoms with Gasteiger partial charge >= 0.3 is 0 Å². The maximum atomic E-state index is 12.7. The van der Waals surface area contributed by atoms with Crippen LogP contribution in [-0.2, 0) is 17.7 Å². The third-order valence-electron chi connectivity index (χ3n) is 5.21. The maximum absolute atomic E-state index is 12.7. The van der Waals surface area contributed by atoms with Crippen molar-refractivity contribution < 1.29 is 19.0 Å². The zero-order valence-corrected chi connectivity index (χ0v) is 16.2. The number of fused-ring (bicyclic) bond motifs is 1. The van der Waals surface area contributed by atoms with Gasteiger partial charge in [-0.25, -0.2) is 9.97 Å².